The number of rotatable bonds is 5. The SMILES string of the molecule is COc1cc(C=CCNC(C)=O)cc(C=O)c1O. The number of ether oxygens (including phenoxy) is 1. The average molecular weight is 249 g/mol. The number of hydrogen-bond donors (Lipinski definition) is 2. The normalized spacial score (nSPS) is 10.3. The first-order valence-corrected chi connectivity index (χ1v) is 5.35. The molecule has 0 aromatic heterocycles. The Bertz CT molecular complexity index is 480. The average Bonchev–Trinajstić information content (AvgIpc) is 2.35. The Morgan fingerprint density at radius 3 is 2.78 bits per heavy atom. The summed E-state index contributed by atoms with van der Waals surface area (Å²) in [7, 11) is 1.41. The van der Waals surface area contributed by atoms with Crippen LogP contribution < -0.4 is 10.1 Å². The first-order chi connectivity index (χ1) is 8.58. The Morgan fingerprint density at radius 2 is 2.22 bits per heavy atom. The van der Waals surface area contributed by atoms with Crippen molar-refractivity contribution in [3.05, 3.63) is 29.3 Å². The summed E-state index contributed by atoms with van der Waals surface area (Å²) in [6.07, 6.45) is 4.02. The molecule has 5 heteroatoms. The summed E-state index contributed by atoms with van der Waals surface area (Å²) in [6, 6.07) is 3.14. The van der Waals surface area contributed by atoms with Gasteiger partial charge in [-0.15, -0.1) is 0 Å². The van der Waals surface area contributed by atoms with E-state index < -0.39 is 0 Å². The van der Waals surface area contributed by atoms with E-state index in [1.807, 2.05) is 0 Å². The number of methoxy groups -OCH3 is 1. The van der Waals surface area contributed by atoms with Crippen molar-refractivity contribution in [2.45, 2.75) is 6.92 Å². The lowest BCUT2D eigenvalue weighted by Gasteiger charge is -2.06. The van der Waals surface area contributed by atoms with E-state index in [-0.39, 0.29) is 23.0 Å². The smallest absolute Gasteiger partial charge is 0.217 e. The second kappa shape index (κ2) is 6.44. The largest absolute Gasteiger partial charge is 0.504 e. The van der Waals surface area contributed by atoms with Gasteiger partial charge >= 0.3 is 0 Å². The first-order valence-electron chi connectivity index (χ1n) is 5.35. The molecular formula is C13H15NO4. The van der Waals surface area contributed by atoms with Crippen molar-refractivity contribution in [1.82, 2.24) is 5.32 Å². The molecule has 5 nitrogen and oxygen atoms in total. The van der Waals surface area contributed by atoms with Crippen LogP contribution in [0.1, 0.15) is 22.8 Å². The Labute approximate surface area is 105 Å². The Hall–Kier alpha value is -2.30. The number of hydrogen-bond acceptors (Lipinski definition) is 4. The minimum Gasteiger partial charge on any atom is -0.504 e. The highest BCUT2D eigenvalue weighted by Gasteiger charge is 2.08. The highest BCUT2D eigenvalue weighted by Crippen LogP contribution is 2.30. The number of phenolic OH excluding ortho intramolecular Hbond substituents is 1. The van der Waals surface area contributed by atoms with Gasteiger partial charge < -0.3 is 15.2 Å². The van der Waals surface area contributed by atoms with E-state index in [1.54, 1.807) is 18.2 Å². The highest BCUT2D eigenvalue weighted by molar-refractivity contribution is 5.82. The molecule has 96 valence electrons. The third-order valence-corrected chi connectivity index (χ3v) is 2.25. The van der Waals surface area contributed by atoms with Gasteiger partial charge in [-0.3, -0.25) is 9.59 Å². The van der Waals surface area contributed by atoms with Crippen LogP contribution in [-0.4, -0.2) is 31.0 Å². The number of aldehydes is 1. The van der Waals surface area contributed by atoms with Crippen LogP contribution in [0.5, 0.6) is 11.5 Å². The quantitative estimate of drug-likeness (QED) is 0.773. The van der Waals surface area contributed by atoms with E-state index in [9.17, 15) is 14.7 Å². The first kappa shape index (κ1) is 13.8. The fourth-order valence-electron chi connectivity index (χ4n) is 1.39. The third kappa shape index (κ3) is 3.62. The maximum absolute atomic E-state index is 10.8. The van der Waals surface area contributed by atoms with Crippen molar-refractivity contribution in [3.63, 3.8) is 0 Å². The molecule has 1 rings (SSSR count). The molecule has 0 unspecified atom stereocenters. The van der Waals surface area contributed by atoms with Gasteiger partial charge in [0.05, 0.1) is 12.7 Å². The van der Waals surface area contributed by atoms with Crippen molar-refractivity contribution in [2.75, 3.05) is 13.7 Å². The molecule has 0 fully saturated rings. The molecule has 0 heterocycles. The van der Waals surface area contributed by atoms with Gasteiger partial charge in [0, 0.05) is 13.5 Å². The van der Waals surface area contributed by atoms with Crippen molar-refractivity contribution in [1.29, 1.82) is 0 Å². The van der Waals surface area contributed by atoms with E-state index in [1.165, 1.54) is 20.1 Å². The van der Waals surface area contributed by atoms with Crippen molar-refractivity contribution >= 4 is 18.3 Å². The van der Waals surface area contributed by atoms with Crippen LogP contribution in [0, 0.1) is 0 Å². The van der Waals surface area contributed by atoms with Crippen molar-refractivity contribution in [2.24, 2.45) is 0 Å². The van der Waals surface area contributed by atoms with E-state index in [0.717, 1.165) is 0 Å². The van der Waals surface area contributed by atoms with Crippen LogP contribution in [0.2, 0.25) is 0 Å². The monoisotopic (exact) mass is 249 g/mol. The minimum absolute atomic E-state index is 0.114. The van der Waals surface area contributed by atoms with E-state index in [4.69, 9.17) is 4.74 Å². The van der Waals surface area contributed by atoms with Gasteiger partial charge in [0.15, 0.2) is 17.8 Å². The molecule has 0 saturated heterocycles. The molecule has 1 aromatic carbocycles. The zero-order valence-corrected chi connectivity index (χ0v) is 10.3. The summed E-state index contributed by atoms with van der Waals surface area (Å²) >= 11 is 0. The number of carbonyl (C=O) groups is 2. The van der Waals surface area contributed by atoms with Crippen molar-refractivity contribution < 1.29 is 19.4 Å². The van der Waals surface area contributed by atoms with Gasteiger partial charge in [-0.25, -0.2) is 0 Å². The number of phenols is 1. The molecular weight excluding hydrogens is 234 g/mol. The number of amides is 1. The standard InChI is InChI=1S/C13H15NO4/c1-9(16)14-5-3-4-10-6-11(8-15)13(17)12(7-10)18-2/h3-4,6-8,17H,5H2,1-2H3,(H,14,16). The summed E-state index contributed by atoms with van der Waals surface area (Å²) in [6.45, 7) is 1.83. The van der Waals surface area contributed by atoms with Crippen molar-refractivity contribution in [3.8, 4) is 11.5 Å². The highest BCUT2D eigenvalue weighted by atomic mass is 16.5. The second-order valence-electron chi connectivity index (χ2n) is 3.62. The summed E-state index contributed by atoms with van der Waals surface area (Å²) < 4.78 is 4.96. The Morgan fingerprint density at radius 1 is 1.50 bits per heavy atom. The zero-order valence-electron chi connectivity index (χ0n) is 10.3. The summed E-state index contributed by atoms with van der Waals surface area (Å²) in [5.74, 6) is -0.0539. The summed E-state index contributed by atoms with van der Waals surface area (Å²) in [5.41, 5.74) is 0.866. The predicted molar refractivity (Wildman–Crippen MR) is 67.8 cm³/mol. The molecule has 0 atom stereocenters. The Balaban J connectivity index is 2.89. The number of aromatic hydroxyl groups is 1. The maximum atomic E-state index is 10.8. The fraction of sp³-hybridized carbons (Fsp3) is 0.231. The van der Waals surface area contributed by atoms with Gasteiger partial charge in [0.25, 0.3) is 0 Å². The number of carbonyl (C=O) groups excluding carboxylic acids is 2. The van der Waals surface area contributed by atoms with Gasteiger partial charge in [-0.05, 0) is 17.7 Å². The van der Waals surface area contributed by atoms with E-state index >= 15 is 0 Å². The molecule has 0 radical (unpaired) electrons. The third-order valence-electron chi connectivity index (χ3n) is 2.25. The van der Waals surface area contributed by atoms with Crippen LogP contribution in [0.3, 0.4) is 0 Å². The predicted octanol–water partition coefficient (Wildman–Crippen LogP) is 1.36. The minimum atomic E-state index is -0.175. The lowest BCUT2D eigenvalue weighted by molar-refractivity contribution is -0.118. The lowest BCUT2D eigenvalue weighted by Crippen LogP contribution is -2.19. The molecule has 0 aliphatic rings. The maximum Gasteiger partial charge on any atom is 0.217 e. The molecule has 0 bridgehead atoms. The topological polar surface area (TPSA) is 75.6 Å². The van der Waals surface area contributed by atoms with Crippen LogP contribution >= 0.6 is 0 Å². The van der Waals surface area contributed by atoms with Gasteiger partial charge in [-0.2, -0.15) is 0 Å². The molecule has 0 spiro atoms. The summed E-state index contributed by atoms with van der Waals surface area (Å²) in [4.78, 5) is 21.4. The molecule has 1 aromatic rings. The van der Waals surface area contributed by atoms with Gasteiger partial charge in [-0.1, -0.05) is 12.2 Å². The zero-order chi connectivity index (χ0) is 13.5. The molecule has 0 aliphatic heterocycles. The molecule has 1 amide bonds. The van der Waals surface area contributed by atoms with Gasteiger partial charge in [0.1, 0.15) is 0 Å². The van der Waals surface area contributed by atoms with E-state index in [2.05, 4.69) is 5.32 Å². The molecule has 0 saturated carbocycles. The molecule has 2 N–H and O–H groups in total. The van der Waals surface area contributed by atoms with Crippen LogP contribution in [0.25, 0.3) is 6.08 Å². The molecule has 18 heavy (non-hydrogen) atoms. The van der Waals surface area contributed by atoms with Crippen LogP contribution in [-0.2, 0) is 4.79 Å². The van der Waals surface area contributed by atoms with Crippen LogP contribution in [0.4, 0.5) is 0 Å². The Kier molecular flexibility index (Phi) is 4.92. The van der Waals surface area contributed by atoms with Gasteiger partial charge in [0.2, 0.25) is 5.91 Å². The lowest BCUT2D eigenvalue weighted by atomic mass is 10.1. The van der Waals surface area contributed by atoms with Crippen LogP contribution in [0.15, 0.2) is 18.2 Å². The van der Waals surface area contributed by atoms with E-state index in [0.29, 0.717) is 18.4 Å². The number of benzene rings is 1. The molecule has 0 aliphatic carbocycles. The summed E-state index contributed by atoms with van der Waals surface area (Å²) in [5, 5.41) is 12.2. The number of nitrogens with one attached hydrogen (secondary N) is 1. The second-order valence-corrected chi connectivity index (χ2v) is 3.62. The fourth-order valence-corrected chi connectivity index (χ4v) is 1.39.